The van der Waals surface area contributed by atoms with Crippen molar-refractivity contribution in [3.05, 3.63) is 76.5 Å². The van der Waals surface area contributed by atoms with Gasteiger partial charge in [0.05, 0.1) is 23.2 Å². The topological polar surface area (TPSA) is 111 Å². The van der Waals surface area contributed by atoms with Crippen LogP contribution in [0, 0.1) is 17.6 Å². The zero-order valence-electron chi connectivity index (χ0n) is 20.7. The second-order valence-corrected chi connectivity index (χ2v) is 9.61. The van der Waals surface area contributed by atoms with Gasteiger partial charge in [0, 0.05) is 31.2 Å². The Morgan fingerprint density at radius 3 is 2.46 bits per heavy atom. The van der Waals surface area contributed by atoms with Crippen molar-refractivity contribution in [2.45, 2.75) is 32.9 Å². The molecule has 11 heteroatoms. The van der Waals surface area contributed by atoms with Crippen LogP contribution in [0.2, 0.25) is 0 Å². The number of fused-ring (bicyclic) bond motifs is 1. The molecule has 3 heterocycles. The first-order valence-electron chi connectivity index (χ1n) is 12.0. The number of rotatable bonds is 5. The maximum atomic E-state index is 14.3. The Morgan fingerprint density at radius 2 is 1.81 bits per heavy atom. The fourth-order valence-electron chi connectivity index (χ4n) is 4.66. The summed E-state index contributed by atoms with van der Waals surface area (Å²) in [7, 11) is 0. The molecule has 0 saturated carbocycles. The van der Waals surface area contributed by atoms with Gasteiger partial charge in [-0.15, -0.1) is 0 Å². The summed E-state index contributed by atoms with van der Waals surface area (Å²) < 4.78 is 31.3. The zero-order valence-corrected chi connectivity index (χ0v) is 20.7. The Labute approximate surface area is 211 Å². The van der Waals surface area contributed by atoms with E-state index in [-0.39, 0.29) is 23.7 Å². The second-order valence-electron chi connectivity index (χ2n) is 9.61. The van der Waals surface area contributed by atoms with Crippen molar-refractivity contribution in [3.8, 4) is 5.69 Å². The van der Waals surface area contributed by atoms with Gasteiger partial charge in [0.2, 0.25) is 0 Å². The van der Waals surface area contributed by atoms with Crippen LogP contribution in [-0.4, -0.2) is 44.4 Å². The Morgan fingerprint density at radius 1 is 1.08 bits per heavy atom. The summed E-state index contributed by atoms with van der Waals surface area (Å²) in [6.07, 6.45) is 1.77. The second kappa shape index (κ2) is 9.40. The van der Waals surface area contributed by atoms with E-state index in [4.69, 9.17) is 5.73 Å². The number of nitrogens with one attached hydrogen (secondary N) is 1. The van der Waals surface area contributed by atoms with Gasteiger partial charge < -0.3 is 20.5 Å². The van der Waals surface area contributed by atoms with Crippen LogP contribution in [0.15, 0.2) is 53.6 Å². The number of benzene rings is 2. The Bertz CT molecular complexity index is 1530. The first kappa shape index (κ1) is 24.6. The minimum absolute atomic E-state index is 0.0353. The van der Waals surface area contributed by atoms with E-state index in [2.05, 4.69) is 41.1 Å². The van der Waals surface area contributed by atoms with E-state index < -0.39 is 28.8 Å². The molecule has 1 aliphatic rings. The minimum Gasteiger partial charge on any atom is -0.366 e. The third kappa shape index (κ3) is 4.35. The van der Waals surface area contributed by atoms with Gasteiger partial charge in [0.25, 0.3) is 11.5 Å². The Balaban J connectivity index is 1.56. The largest absolute Gasteiger partial charge is 0.366 e. The zero-order chi connectivity index (χ0) is 26.4. The molecule has 1 amide bonds. The summed E-state index contributed by atoms with van der Waals surface area (Å²) >= 11 is 0. The third-order valence-corrected chi connectivity index (χ3v) is 6.69. The van der Waals surface area contributed by atoms with E-state index in [0.29, 0.717) is 23.5 Å². The number of nitrogens with zero attached hydrogens (tertiary/aromatic N) is 5. The van der Waals surface area contributed by atoms with Crippen molar-refractivity contribution < 1.29 is 13.6 Å². The van der Waals surface area contributed by atoms with Crippen LogP contribution in [0.5, 0.6) is 0 Å². The van der Waals surface area contributed by atoms with E-state index >= 15 is 0 Å². The highest BCUT2D eigenvalue weighted by atomic mass is 19.1. The lowest BCUT2D eigenvalue weighted by Gasteiger charge is -2.23. The molecule has 2 aromatic heterocycles. The molecular weight excluding hydrogens is 480 g/mol. The average molecular weight is 508 g/mol. The molecule has 1 fully saturated rings. The van der Waals surface area contributed by atoms with Gasteiger partial charge in [-0.2, -0.15) is 9.78 Å². The number of aromatic nitrogens is 4. The molecule has 3 N–H and O–H groups in total. The minimum atomic E-state index is -0.972. The quantitative estimate of drug-likeness (QED) is 0.428. The van der Waals surface area contributed by atoms with Crippen molar-refractivity contribution >= 4 is 28.3 Å². The predicted octanol–water partition coefficient (Wildman–Crippen LogP) is 3.48. The van der Waals surface area contributed by atoms with Crippen molar-refractivity contribution in [2.24, 2.45) is 11.7 Å². The summed E-state index contributed by atoms with van der Waals surface area (Å²) in [6, 6.07) is 9.28. The van der Waals surface area contributed by atoms with Crippen molar-refractivity contribution in [2.75, 3.05) is 23.3 Å². The highest BCUT2D eigenvalue weighted by Crippen LogP contribution is 2.37. The molecular formula is C26H27F2N7O2. The molecule has 0 bridgehead atoms. The number of para-hydroxylation sites is 1. The maximum absolute atomic E-state index is 14.3. The lowest BCUT2D eigenvalue weighted by atomic mass is 10.1. The molecule has 37 heavy (non-hydrogen) atoms. The van der Waals surface area contributed by atoms with Crippen LogP contribution in [0.3, 0.4) is 0 Å². The molecule has 1 saturated heterocycles. The van der Waals surface area contributed by atoms with Gasteiger partial charge in [-0.3, -0.25) is 9.59 Å². The normalized spacial score (nSPS) is 17.6. The smallest absolute Gasteiger partial charge is 0.276 e. The van der Waals surface area contributed by atoms with Crippen LogP contribution in [0.4, 0.5) is 20.2 Å². The van der Waals surface area contributed by atoms with Crippen molar-refractivity contribution in [3.63, 3.8) is 0 Å². The summed E-state index contributed by atoms with van der Waals surface area (Å²) in [6.45, 7) is 7.47. The number of hydrogen-bond acceptors (Lipinski definition) is 6. The number of imidazole rings is 1. The number of anilines is 2. The highest BCUT2D eigenvalue weighted by molar-refractivity contribution is 6.08. The lowest BCUT2D eigenvalue weighted by Crippen LogP contribution is -2.29. The van der Waals surface area contributed by atoms with Gasteiger partial charge in [0.15, 0.2) is 11.6 Å². The molecule has 9 nitrogen and oxygen atoms in total. The van der Waals surface area contributed by atoms with E-state index in [1.165, 1.54) is 12.1 Å². The molecule has 2 atom stereocenters. The average Bonchev–Trinajstić information content (AvgIpc) is 3.42. The number of carbonyl (C=O) groups is 1. The summed E-state index contributed by atoms with van der Waals surface area (Å²) in [5.41, 5.74) is 7.55. The summed E-state index contributed by atoms with van der Waals surface area (Å²) in [5.74, 6) is -2.35. The van der Waals surface area contributed by atoms with Gasteiger partial charge in [0.1, 0.15) is 16.9 Å². The Kier molecular flexibility index (Phi) is 6.24. The lowest BCUT2D eigenvalue weighted by molar-refractivity contribution is 0.102. The van der Waals surface area contributed by atoms with Gasteiger partial charge in [-0.05, 0) is 50.1 Å². The number of carbonyl (C=O) groups excluding carboxylic acids is 1. The molecule has 0 aliphatic carbocycles. The van der Waals surface area contributed by atoms with Crippen LogP contribution in [0.25, 0.3) is 16.7 Å². The number of hydrogen-bond donors (Lipinski definition) is 2. The molecule has 0 spiro atoms. The first-order chi connectivity index (χ1) is 17.7. The molecule has 0 radical (unpaired) electrons. The van der Waals surface area contributed by atoms with Crippen molar-refractivity contribution in [1.82, 2.24) is 19.3 Å². The first-order valence-corrected chi connectivity index (χ1v) is 12.0. The molecule has 1 aliphatic heterocycles. The standard InChI is InChI=1S/C26H27F2N7O2/c1-14(2)34-13-30-23-21(34)9-7-19(25(23)33-11-15(3)18(29)12-33)31-26(37)20-8-10-22(36)35(32-20)24-16(27)5-4-6-17(24)28/h4-10,13-15,18H,11-12,29H2,1-3H3,(H,31,37)/t15-,18+/m1/s1. The van der Waals surface area contributed by atoms with E-state index in [1.807, 2.05) is 10.6 Å². The molecule has 0 unspecified atom stereocenters. The third-order valence-electron chi connectivity index (χ3n) is 6.69. The van der Waals surface area contributed by atoms with E-state index in [9.17, 15) is 18.4 Å². The molecule has 4 aromatic rings. The van der Waals surface area contributed by atoms with E-state index in [0.717, 1.165) is 34.9 Å². The number of halogens is 2. The fourth-order valence-corrected chi connectivity index (χ4v) is 4.66. The predicted molar refractivity (Wildman–Crippen MR) is 137 cm³/mol. The van der Waals surface area contributed by atoms with Crippen LogP contribution >= 0.6 is 0 Å². The monoisotopic (exact) mass is 507 g/mol. The van der Waals surface area contributed by atoms with Gasteiger partial charge >= 0.3 is 0 Å². The molecule has 192 valence electrons. The van der Waals surface area contributed by atoms with Crippen molar-refractivity contribution in [1.29, 1.82) is 0 Å². The highest BCUT2D eigenvalue weighted by Gasteiger charge is 2.31. The number of nitrogens with two attached hydrogens (primary N) is 1. The maximum Gasteiger partial charge on any atom is 0.276 e. The van der Waals surface area contributed by atoms with Crippen LogP contribution < -0.4 is 21.5 Å². The van der Waals surface area contributed by atoms with Gasteiger partial charge in [-0.1, -0.05) is 13.0 Å². The molecule has 2 aromatic carbocycles. The van der Waals surface area contributed by atoms with Crippen LogP contribution in [0.1, 0.15) is 37.3 Å². The SMILES string of the molecule is CC(C)n1cnc2c(N3C[C@@H](C)[C@@H](N)C3)c(NC(=O)c3ccc(=O)n(-c4c(F)cccc4F)n3)ccc21. The van der Waals surface area contributed by atoms with E-state index in [1.54, 1.807) is 12.4 Å². The Hall–Kier alpha value is -4.12. The van der Waals surface area contributed by atoms with Gasteiger partial charge in [-0.25, -0.2) is 13.8 Å². The summed E-state index contributed by atoms with van der Waals surface area (Å²) in [4.78, 5) is 32.4. The summed E-state index contributed by atoms with van der Waals surface area (Å²) in [5, 5.41) is 6.82. The number of amides is 1. The molecule has 5 rings (SSSR count). The van der Waals surface area contributed by atoms with Crippen LogP contribution in [-0.2, 0) is 0 Å². The fraction of sp³-hybridized carbons (Fsp3) is 0.308.